The van der Waals surface area contributed by atoms with Crippen molar-refractivity contribution in [1.29, 1.82) is 0 Å². The molecule has 2 aromatic rings. The van der Waals surface area contributed by atoms with Gasteiger partial charge in [0.1, 0.15) is 5.75 Å². The summed E-state index contributed by atoms with van der Waals surface area (Å²) in [5.41, 5.74) is 2.99. The monoisotopic (exact) mass is 426 g/mol. The molecular formula is C17H16BrClN2O4. The van der Waals surface area contributed by atoms with E-state index in [9.17, 15) is 9.90 Å². The Bertz CT molecular complexity index is 783. The van der Waals surface area contributed by atoms with Gasteiger partial charge in [-0.25, -0.2) is 5.43 Å². The highest BCUT2D eigenvalue weighted by molar-refractivity contribution is 9.10. The largest absolute Gasteiger partial charge is 0.503 e. The topological polar surface area (TPSA) is 80.2 Å². The molecular weight excluding hydrogens is 412 g/mol. The number of halogens is 2. The van der Waals surface area contributed by atoms with Gasteiger partial charge >= 0.3 is 0 Å². The lowest BCUT2D eigenvalue weighted by atomic mass is 10.2. The van der Waals surface area contributed by atoms with E-state index in [-0.39, 0.29) is 12.4 Å². The maximum absolute atomic E-state index is 11.7. The van der Waals surface area contributed by atoms with Crippen LogP contribution < -0.4 is 14.9 Å². The first-order valence-corrected chi connectivity index (χ1v) is 8.53. The number of nitrogens with one attached hydrogen (secondary N) is 1. The van der Waals surface area contributed by atoms with Gasteiger partial charge in [0.15, 0.2) is 18.1 Å². The predicted molar refractivity (Wildman–Crippen MR) is 99.7 cm³/mol. The Hall–Kier alpha value is -2.25. The van der Waals surface area contributed by atoms with Crippen LogP contribution in [0.1, 0.15) is 12.5 Å². The maximum Gasteiger partial charge on any atom is 0.277 e. The number of hydrogen-bond acceptors (Lipinski definition) is 5. The van der Waals surface area contributed by atoms with E-state index in [0.717, 1.165) is 0 Å². The summed E-state index contributed by atoms with van der Waals surface area (Å²) in [5, 5.41) is 14.1. The minimum absolute atomic E-state index is 0.0103. The second-order valence-electron chi connectivity index (χ2n) is 4.79. The molecule has 0 aromatic heterocycles. The number of benzene rings is 2. The predicted octanol–water partition coefficient (Wildman–Crippen LogP) is 3.74. The summed E-state index contributed by atoms with van der Waals surface area (Å²) in [5.74, 6) is 0.328. The average Bonchev–Trinajstić information content (AvgIpc) is 2.58. The van der Waals surface area contributed by atoms with E-state index in [1.165, 1.54) is 6.21 Å². The highest BCUT2D eigenvalue weighted by Crippen LogP contribution is 2.35. The van der Waals surface area contributed by atoms with Crippen molar-refractivity contribution >= 4 is 39.7 Å². The third-order valence-electron chi connectivity index (χ3n) is 2.95. The van der Waals surface area contributed by atoms with Gasteiger partial charge in [0, 0.05) is 0 Å². The third-order valence-corrected chi connectivity index (χ3v) is 3.87. The molecule has 132 valence electrons. The number of rotatable bonds is 7. The molecule has 0 aliphatic carbocycles. The number of hydrogen-bond donors (Lipinski definition) is 2. The van der Waals surface area contributed by atoms with Crippen LogP contribution in [0.5, 0.6) is 17.2 Å². The lowest BCUT2D eigenvalue weighted by Crippen LogP contribution is -2.24. The van der Waals surface area contributed by atoms with E-state index in [0.29, 0.717) is 33.2 Å². The Balaban J connectivity index is 1.92. The van der Waals surface area contributed by atoms with Gasteiger partial charge in [0.2, 0.25) is 0 Å². The molecule has 0 fully saturated rings. The van der Waals surface area contributed by atoms with Crippen LogP contribution in [-0.4, -0.2) is 30.4 Å². The van der Waals surface area contributed by atoms with Gasteiger partial charge in [-0.3, -0.25) is 4.79 Å². The van der Waals surface area contributed by atoms with Crippen molar-refractivity contribution in [3.05, 3.63) is 51.5 Å². The number of hydrazone groups is 1. The number of phenols is 1. The van der Waals surface area contributed by atoms with Crippen LogP contribution in [0.3, 0.4) is 0 Å². The fourth-order valence-electron chi connectivity index (χ4n) is 1.85. The first-order chi connectivity index (χ1) is 12.0. The van der Waals surface area contributed by atoms with Gasteiger partial charge < -0.3 is 14.6 Å². The van der Waals surface area contributed by atoms with Gasteiger partial charge in [-0.05, 0) is 52.7 Å². The molecule has 0 spiro atoms. The molecule has 0 aliphatic heterocycles. The summed E-state index contributed by atoms with van der Waals surface area (Å²) in [6.45, 7) is 2.01. The molecule has 0 atom stereocenters. The van der Waals surface area contributed by atoms with Crippen molar-refractivity contribution in [1.82, 2.24) is 5.43 Å². The van der Waals surface area contributed by atoms with Crippen molar-refractivity contribution in [2.45, 2.75) is 6.92 Å². The minimum Gasteiger partial charge on any atom is -0.503 e. The summed E-state index contributed by atoms with van der Waals surface area (Å²) in [6, 6.07) is 10.1. The Morgan fingerprint density at radius 2 is 2.08 bits per heavy atom. The summed E-state index contributed by atoms with van der Waals surface area (Å²) < 4.78 is 11.1. The fourth-order valence-corrected chi connectivity index (χ4v) is 2.50. The number of carbonyl (C=O) groups excluding carboxylic acids is 1. The Labute approximate surface area is 158 Å². The lowest BCUT2D eigenvalue weighted by Gasteiger charge is -2.08. The van der Waals surface area contributed by atoms with Crippen LogP contribution in [-0.2, 0) is 4.79 Å². The van der Waals surface area contributed by atoms with E-state index in [4.69, 9.17) is 21.1 Å². The number of phenolic OH excluding ortho intramolecular Hbond substituents is 1. The number of carbonyl (C=O) groups is 1. The zero-order chi connectivity index (χ0) is 18.2. The second-order valence-corrected chi connectivity index (χ2v) is 6.06. The van der Waals surface area contributed by atoms with Crippen molar-refractivity contribution in [3.8, 4) is 17.2 Å². The minimum atomic E-state index is -0.431. The quantitative estimate of drug-likeness (QED) is 0.521. The molecule has 0 unspecified atom stereocenters. The smallest absolute Gasteiger partial charge is 0.277 e. The molecule has 2 aromatic carbocycles. The van der Waals surface area contributed by atoms with Crippen LogP contribution in [0.4, 0.5) is 0 Å². The summed E-state index contributed by atoms with van der Waals surface area (Å²) in [7, 11) is 0. The molecule has 1 amide bonds. The standard InChI is InChI=1S/C17H16BrClN2O4/c1-2-24-15-8-11(7-12(18)17(15)23)9-20-21-16(22)10-25-14-6-4-3-5-13(14)19/h3-9,23H,2,10H2,1H3,(H,21,22)/b20-9-. The highest BCUT2D eigenvalue weighted by atomic mass is 79.9. The SMILES string of the molecule is CCOc1cc(/C=N\NC(=O)COc2ccccc2Cl)cc(Br)c1O. The van der Waals surface area contributed by atoms with Crippen molar-refractivity contribution in [2.75, 3.05) is 13.2 Å². The third kappa shape index (κ3) is 5.65. The second kappa shape index (κ2) is 9.29. The Kier molecular flexibility index (Phi) is 7.09. The molecule has 8 heteroatoms. The zero-order valence-corrected chi connectivity index (χ0v) is 15.7. The van der Waals surface area contributed by atoms with Crippen LogP contribution in [0.2, 0.25) is 5.02 Å². The number of ether oxygens (including phenoxy) is 2. The van der Waals surface area contributed by atoms with Gasteiger partial charge in [0.25, 0.3) is 5.91 Å². The van der Waals surface area contributed by atoms with Gasteiger partial charge in [-0.1, -0.05) is 23.7 Å². The number of aromatic hydroxyl groups is 1. The maximum atomic E-state index is 11.7. The highest BCUT2D eigenvalue weighted by Gasteiger charge is 2.08. The van der Waals surface area contributed by atoms with Crippen LogP contribution >= 0.6 is 27.5 Å². The molecule has 0 bridgehead atoms. The van der Waals surface area contributed by atoms with E-state index in [1.807, 2.05) is 6.92 Å². The first kappa shape index (κ1) is 19.1. The molecule has 0 saturated heterocycles. The summed E-state index contributed by atoms with van der Waals surface area (Å²) in [6.07, 6.45) is 1.43. The van der Waals surface area contributed by atoms with Crippen LogP contribution in [0, 0.1) is 0 Å². The first-order valence-electron chi connectivity index (χ1n) is 7.35. The van der Waals surface area contributed by atoms with Crippen molar-refractivity contribution < 1.29 is 19.4 Å². The molecule has 2 N–H and O–H groups in total. The molecule has 0 radical (unpaired) electrons. The fraction of sp³-hybridized carbons (Fsp3) is 0.176. The zero-order valence-electron chi connectivity index (χ0n) is 13.3. The van der Waals surface area contributed by atoms with Gasteiger partial charge in [0.05, 0.1) is 22.3 Å². The van der Waals surface area contributed by atoms with E-state index < -0.39 is 5.91 Å². The molecule has 0 saturated carbocycles. The number of amides is 1. The molecule has 0 aliphatic rings. The van der Waals surface area contributed by atoms with Gasteiger partial charge in [-0.15, -0.1) is 0 Å². The number of nitrogens with zero attached hydrogens (tertiary/aromatic N) is 1. The van der Waals surface area contributed by atoms with Gasteiger partial charge in [-0.2, -0.15) is 5.10 Å². The van der Waals surface area contributed by atoms with E-state index >= 15 is 0 Å². The number of para-hydroxylation sites is 1. The molecule has 0 heterocycles. The van der Waals surface area contributed by atoms with Crippen molar-refractivity contribution in [2.24, 2.45) is 5.10 Å². The molecule has 25 heavy (non-hydrogen) atoms. The van der Waals surface area contributed by atoms with Crippen LogP contribution in [0.15, 0.2) is 46.0 Å². The summed E-state index contributed by atoms with van der Waals surface area (Å²) in [4.78, 5) is 11.7. The Morgan fingerprint density at radius 3 is 2.80 bits per heavy atom. The van der Waals surface area contributed by atoms with Crippen molar-refractivity contribution in [3.63, 3.8) is 0 Å². The molecule has 6 nitrogen and oxygen atoms in total. The summed E-state index contributed by atoms with van der Waals surface area (Å²) >= 11 is 9.17. The van der Waals surface area contributed by atoms with Crippen LogP contribution in [0.25, 0.3) is 0 Å². The average molecular weight is 428 g/mol. The van der Waals surface area contributed by atoms with E-state index in [1.54, 1.807) is 36.4 Å². The Morgan fingerprint density at radius 1 is 1.32 bits per heavy atom. The van der Waals surface area contributed by atoms with E-state index in [2.05, 4.69) is 26.5 Å². The lowest BCUT2D eigenvalue weighted by molar-refractivity contribution is -0.123. The molecule has 2 rings (SSSR count). The normalized spacial score (nSPS) is 10.7.